The summed E-state index contributed by atoms with van der Waals surface area (Å²) < 4.78 is 11.6. The fourth-order valence-corrected chi connectivity index (χ4v) is 4.90. The van der Waals surface area contributed by atoms with Crippen molar-refractivity contribution in [1.82, 2.24) is 4.90 Å². The van der Waals surface area contributed by atoms with Crippen LogP contribution in [0, 0.1) is 0 Å². The standard InChI is InChI=1S/C20H22Cl2N2O2S/c21-15-4-5-19(16(22)14-15)27-13-10-23-6-8-24(9-7-23)17-2-1-3-18-20(17)26-12-11-25-18/h1-5,14H,6-13H2. The molecular weight excluding hydrogens is 403 g/mol. The molecule has 2 aromatic carbocycles. The fraction of sp³-hybridized carbons (Fsp3) is 0.400. The third-order valence-electron chi connectivity index (χ3n) is 4.82. The number of para-hydroxylation sites is 1. The zero-order valence-electron chi connectivity index (χ0n) is 15.0. The summed E-state index contributed by atoms with van der Waals surface area (Å²) in [6.45, 7) is 6.36. The minimum Gasteiger partial charge on any atom is -0.486 e. The van der Waals surface area contributed by atoms with E-state index in [2.05, 4.69) is 15.9 Å². The Labute approximate surface area is 174 Å². The Hall–Kier alpha value is -1.27. The van der Waals surface area contributed by atoms with E-state index in [0.29, 0.717) is 18.2 Å². The number of fused-ring (bicyclic) bond motifs is 1. The van der Waals surface area contributed by atoms with Crippen LogP contribution in [-0.4, -0.2) is 56.6 Å². The van der Waals surface area contributed by atoms with Gasteiger partial charge in [-0.15, -0.1) is 11.8 Å². The number of hydrogen-bond acceptors (Lipinski definition) is 5. The number of benzene rings is 2. The lowest BCUT2D eigenvalue weighted by molar-refractivity contribution is 0.171. The van der Waals surface area contributed by atoms with E-state index >= 15 is 0 Å². The molecule has 0 spiro atoms. The Morgan fingerprint density at radius 3 is 2.59 bits per heavy atom. The zero-order valence-corrected chi connectivity index (χ0v) is 17.3. The van der Waals surface area contributed by atoms with Crippen molar-refractivity contribution in [3.05, 3.63) is 46.4 Å². The van der Waals surface area contributed by atoms with E-state index in [0.717, 1.165) is 65.6 Å². The monoisotopic (exact) mass is 424 g/mol. The van der Waals surface area contributed by atoms with Crippen LogP contribution < -0.4 is 14.4 Å². The first-order valence-electron chi connectivity index (χ1n) is 9.14. The van der Waals surface area contributed by atoms with Crippen LogP contribution in [-0.2, 0) is 0 Å². The molecule has 0 unspecified atom stereocenters. The second-order valence-electron chi connectivity index (χ2n) is 6.55. The van der Waals surface area contributed by atoms with Gasteiger partial charge in [0.15, 0.2) is 11.5 Å². The molecule has 1 fully saturated rings. The summed E-state index contributed by atoms with van der Waals surface area (Å²) in [5, 5.41) is 1.41. The van der Waals surface area contributed by atoms with Gasteiger partial charge in [-0.25, -0.2) is 0 Å². The highest BCUT2D eigenvalue weighted by molar-refractivity contribution is 7.99. The second kappa shape index (κ2) is 8.82. The summed E-state index contributed by atoms with van der Waals surface area (Å²) in [5.74, 6) is 2.77. The molecule has 4 nitrogen and oxygen atoms in total. The average molecular weight is 425 g/mol. The van der Waals surface area contributed by atoms with Gasteiger partial charge in [0.25, 0.3) is 0 Å². The molecule has 144 valence electrons. The van der Waals surface area contributed by atoms with Crippen molar-refractivity contribution in [2.75, 3.05) is 56.6 Å². The van der Waals surface area contributed by atoms with E-state index < -0.39 is 0 Å². The van der Waals surface area contributed by atoms with Gasteiger partial charge in [-0.2, -0.15) is 0 Å². The van der Waals surface area contributed by atoms with E-state index in [4.69, 9.17) is 32.7 Å². The highest BCUT2D eigenvalue weighted by atomic mass is 35.5. The van der Waals surface area contributed by atoms with Gasteiger partial charge in [0.1, 0.15) is 13.2 Å². The maximum atomic E-state index is 6.25. The first-order valence-corrected chi connectivity index (χ1v) is 10.9. The van der Waals surface area contributed by atoms with Crippen LogP contribution in [0.4, 0.5) is 5.69 Å². The van der Waals surface area contributed by atoms with E-state index in [1.165, 1.54) is 0 Å². The molecular formula is C20H22Cl2N2O2S. The van der Waals surface area contributed by atoms with Gasteiger partial charge in [0, 0.05) is 48.4 Å². The molecule has 27 heavy (non-hydrogen) atoms. The van der Waals surface area contributed by atoms with Gasteiger partial charge >= 0.3 is 0 Å². The lowest BCUT2D eigenvalue weighted by Crippen LogP contribution is -2.47. The Balaban J connectivity index is 1.28. The van der Waals surface area contributed by atoms with Crippen LogP contribution in [0.1, 0.15) is 0 Å². The van der Waals surface area contributed by atoms with Crippen molar-refractivity contribution in [2.24, 2.45) is 0 Å². The summed E-state index contributed by atoms with van der Waals surface area (Å²) in [7, 11) is 0. The summed E-state index contributed by atoms with van der Waals surface area (Å²) in [4.78, 5) is 5.99. The van der Waals surface area contributed by atoms with E-state index in [9.17, 15) is 0 Å². The number of anilines is 1. The predicted octanol–water partition coefficient (Wildman–Crippen LogP) is 4.68. The quantitative estimate of drug-likeness (QED) is 0.648. The number of ether oxygens (including phenoxy) is 2. The van der Waals surface area contributed by atoms with Gasteiger partial charge in [0.05, 0.1) is 10.7 Å². The van der Waals surface area contributed by atoms with Crippen molar-refractivity contribution < 1.29 is 9.47 Å². The molecule has 0 N–H and O–H groups in total. The van der Waals surface area contributed by atoms with Gasteiger partial charge in [0.2, 0.25) is 0 Å². The predicted molar refractivity (Wildman–Crippen MR) is 113 cm³/mol. The van der Waals surface area contributed by atoms with E-state index in [-0.39, 0.29) is 0 Å². The number of nitrogens with zero attached hydrogens (tertiary/aromatic N) is 2. The van der Waals surface area contributed by atoms with Crippen LogP contribution in [0.2, 0.25) is 10.0 Å². The van der Waals surface area contributed by atoms with E-state index in [1.54, 1.807) is 17.8 Å². The Kier molecular flexibility index (Phi) is 6.23. The Bertz CT molecular complexity index is 798. The second-order valence-corrected chi connectivity index (χ2v) is 8.53. The first-order chi connectivity index (χ1) is 13.2. The van der Waals surface area contributed by atoms with Crippen molar-refractivity contribution >= 4 is 40.7 Å². The first kappa shape index (κ1) is 19.1. The number of hydrogen-bond donors (Lipinski definition) is 0. The Morgan fingerprint density at radius 1 is 0.963 bits per heavy atom. The van der Waals surface area contributed by atoms with Gasteiger partial charge in [-0.05, 0) is 30.3 Å². The minimum absolute atomic E-state index is 0.620. The lowest BCUT2D eigenvalue weighted by Gasteiger charge is -2.37. The van der Waals surface area contributed by atoms with Crippen molar-refractivity contribution in [3.63, 3.8) is 0 Å². The molecule has 0 radical (unpaired) electrons. The number of rotatable bonds is 5. The molecule has 2 aromatic rings. The molecule has 0 aliphatic carbocycles. The van der Waals surface area contributed by atoms with Crippen molar-refractivity contribution in [2.45, 2.75) is 4.90 Å². The number of halogens is 2. The zero-order chi connectivity index (χ0) is 18.6. The highest BCUT2D eigenvalue weighted by Crippen LogP contribution is 2.39. The molecule has 4 rings (SSSR count). The molecule has 1 saturated heterocycles. The minimum atomic E-state index is 0.620. The normalized spacial score (nSPS) is 17.2. The largest absolute Gasteiger partial charge is 0.486 e. The molecule has 0 bridgehead atoms. The van der Waals surface area contributed by atoms with Crippen LogP contribution in [0.5, 0.6) is 11.5 Å². The van der Waals surface area contributed by atoms with Gasteiger partial charge in [-0.1, -0.05) is 29.3 Å². The number of piperazine rings is 1. The summed E-state index contributed by atoms with van der Waals surface area (Å²) in [5.41, 5.74) is 1.15. The average Bonchev–Trinajstić information content (AvgIpc) is 2.70. The van der Waals surface area contributed by atoms with Gasteiger partial charge < -0.3 is 14.4 Å². The molecule has 2 aliphatic rings. The third kappa shape index (κ3) is 4.60. The summed E-state index contributed by atoms with van der Waals surface area (Å²) >= 11 is 14.0. The summed E-state index contributed by atoms with van der Waals surface area (Å²) in [6.07, 6.45) is 0. The van der Waals surface area contributed by atoms with Crippen LogP contribution in [0.25, 0.3) is 0 Å². The smallest absolute Gasteiger partial charge is 0.184 e. The van der Waals surface area contributed by atoms with Crippen molar-refractivity contribution in [3.8, 4) is 11.5 Å². The molecule has 0 amide bonds. The molecule has 0 aromatic heterocycles. The maximum Gasteiger partial charge on any atom is 0.184 e. The fourth-order valence-electron chi connectivity index (χ4n) is 3.40. The van der Waals surface area contributed by atoms with E-state index in [1.807, 2.05) is 24.3 Å². The summed E-state index contributed by atoms with van der Waals surface area (Å²) in [6, 6.07) is 11.8. The lowest BCUT2D eigenvalue weighted by atomic mass is 10.2. The third-order valence-corrected chi connectivity index (χ3v) is 6.53. The molecule has 0 atom stereocenters. The maximum absolute atomic E-state index is 6.25. The molecule has 0 saturated carbocycles. The molecule has 7 heteroatoms. The van der Waals surface area contributed by atoms with Crippen LogP contribution in [0.3, 0.4) is 0 Å². The van der Waals surface area contributed by atoms with Crippen LogP contribution in [0.15, 0.2) is 41.3 Å². The van der Waals surface area contributed by atoms with Crippen LogP contribution >= 0.6 is 35.0 Å². The molecule has 2 aliphatic heterocycles. The van der Waals surface area contributed by atoms with Crippen molar-refractivity contribution in [1.29, 1.82) is 0 Å². The number of thioether (sulfide) groups is 1. The SMILES string of the molecule is Clc1ccc(SCCN2CCN(c3cccc4c3OCCO4)CC2)c(Cl)c1. The molecule has 2 heterocycles. The van der Waals surface area contributed by atoms with Gasteiger partial charge in [-0.3, -0.25) is 4.90 Å². The topological polar surface area (TPSA) is 24.9 Å². The Morgan fingerprint density at radius 2 is 1.78 bits per heavy atom. The highest BCUT2D eigenvalue weighted by Gasteiger charge is 2.23.